The zero-order chi connectivity index (χ0) is 16.2. The first-order valence-electron chi connectivity index (χ1n) is 8.52. The van der Waals surface area contributed by atoms with Gasteiger partial charge in [-0.15, -0.1) is 0 Å². The summed E-state index contributed by atoms with van der Waals surface area (Å²) < 4.78 is 0. The zero-order valence-electron chi connectivity index (χ0n) is 14.1. The molecule has 2 aliphatic heterocycles. The van der Waals surface area contributed by atoms with Crippen LogP contribution >= 0.6 is 11.8 Å². The van der Waals surface area contributed by atoms with Gasteiger partial charge in [-0.2, -0.15) is 11.8 Å². The Labute approximate surface area is 142 Å². The Kier molecular flexibility index (Phi) is 5.41. The number of carbonyl (C=O) groups excluding carboxylic acids is 1. The van der Waals surface area contributed by atoms with E-state index < -0.39 is 0 Å². The van der Waals surface area contributed by atoms with Crippen LogP contribution in [0.15, 0.2) is 12.3 Å². The minimum atomic E-state index is 0.354. The molecular weight excluding hydrogens is 308 g/mol. The fraction of sp³-hybridized carbons (Fsp3) is 0.706. The Morgan fingerprint density at radius 3 is 3.04 bits per heavy atom. The van der Waals surface area contributed by atoms with E-state index in [4.69, 9.17) is 0 Å². The summed E-state index contributed by atoms with van der Waals surface area (Å²) in [6.07, 6.45) is 7.80. The number of likely N-dealkylation sites (tertiary alicyclic amines) is 1. The Balaban J connectivity index is 1.66. The van der Waals surface area contributed by atoms with Crippen LogP contribution in [-0.2, 0) is 4.79 Å². The molecule has 0 aliphatic carbocycles. The van der Waals surface area contributed by atoms with Gasteiger partial charge in [0.15, 0.2) is 0 Å². The van der Waals surface area contributed by atoms with Crippen molar-refractivity contribution in [3.05, 3.63) is 18.0 Å². The van der Waals surface area contributed by atoms with Crippen LogP contribution in [0.5, 0.6) is 0 Å². The largest absolute Gasteiger partial charge is 0.340 e. The highest BCUT2D eigenvalue weighted by Crippen LogP contribution is 2.32. The van der Waals surface area contributed by atoms with Crippen molar-refractivity contribution in [1.82, 2.24) is 14.9 Å². The Morgan fingerprint density at radius 1 is 1.39 bits per heavy atom. The molecule has 2 atom stereocenters. The van der Waals surface area contributed by atoms with Crippen LogP contribution in [0.1, 0.15) is 31.4 Å². The first-order chi connectivity index (χ1) is 11.2. The second-order valence-corrected chi connectivity index (χ2v) is 7.52. The maximum Gasteiger partial charge on any atom is 0.225 e. The monoisotopic (exact) mass is 334 g/mol. The number of anilines is 1. The maximum atomic E-state index is 12.3. The average molecular weight is 334 g/mol. The van der Waals surface area contributed by atoms with Gasteiger partial charge < -0.3 is 9.80 Å². The van der Waals surface area contributed by atoms with Crippen molar-refractivity contribution < 1.29 is 4.79 Å². The van der Waals surface area contributed by atoms with Crippen LogP contribution in [0.2, 0.25) is 0 Å². The molecule has 0 saturated carbocycles. The van der Waals surface area contributed by atoms with Crippen LogP contribution in [0.4, 0.5) is 5.95 Å². The maximum absolute atomic E-state index is 12.3. The van der Waals surface area contributed by atoms with Crippen LogP contribution < -0.4 is 4.90 Å². The summed E-state index contributed by atoms with van der Waals surface area (Å²) in [5, 5.41) is 0. The van der Waals surface area contributed by atoms with E-state index >= 15 is 0 Å². The summed E-state index contributed by atoms with van der Waals surface area (Å²) in [6.45, 7) is 4.84. The molecule has 5 nitrogen and oxygen atoms in total. The standard InChI is InChI=1S/C17H26N4OS/c1-13-6-8-18-17(19-13)20-10-7-15-14(12-20)4-5-16(22)21(15)9-3-11-23-2/h6,8,14-15H,3-5,7,9-12H2,1-2H3. The van der Waals surface area contributed by atoms with Gasteiger partial charge in [-0.1, -0.05) is 0 Å². The number of hydrogen-bond donors (Lipinski definition) is 0. The first kappa shape index (κ1) is 16.6. The summed E-state index contributed by atoms with van der Waals surface area (Å²) in [7, 11) is 0. The number of thioether (sulfide) groups is 1. The van der Waals surface area contributed by atoms with Crippen LogP contribution in [0.3, 0.4) is 0 Å². The molecule has 0 aromatic carbocycles. The number of piperidine rings is 2. The number of amides is 1. The fourth-order valence-corrected chi connectivity index (χ4v) is 4.21. The summed E-state index contributed by atoms with van der Waals surface area (Å²) in [5.74, 6) is 2.88. The number of carbonyl (C=O) groups is 1. The third kappa shape index (κ3) is 3.79. The van der Waals surface area contributed by atoms with Crippen LogP contribution in [-0.4, -0.2) is 58.5 Å². The lowest BCUT2D eigenvalue weighted by molar-refractivity contribution is -0.139. The second-order valence-electron chi connectivity index (χ2n) is 6.53. The van der Waals surface area contributed by atoms with E-state index in [1.807, 2.05) is 30.9 Å². The van der Waals surface area contributed by atoms with E-state index in [9.17, 15) is 4.79 Å². The second kappa shape index (κ2) is 7.51. The Bertz CT molecular complexity index is 553. The topological polar surface area (TPSA) is 49.3 Å². The molecule has 0 radical (unpaired) electrons. The lowest BCUT2D eigenvalue weighted by Gasteiger charge is -2.47. The fourth-order valence-electron chi connectivity index (χ4n) is 3.79. The van der Waals surface area contributed by atoms with Crippen molar-refractivity contribution in [1.29, 1.82) is 0 Å². The molecular formula is C17H26N4OS. The van der Waals surface area contributed by atoms with Gasteiger partial charge in [0, 0.05) is 44.0 Å². The minimum Gasteiger partial charge on any atom is -0.340 e. The first-order valence-corrected chi connectivity index (χ1v) is 9.91. The molecule has 2 unspecified atom stereocenters. The molecule has 3 rings (SSSR count). The highest BCUT2D eigenvalue weighted by molar-refractivity contribution is 7.98. The molecule has 3 heterocycles. The summed E-state index contributed by atoms with van der Waals surface area (Å²) in [4.78, 5) is 25.8. The SMILES string of the molecule is CSCCCN1C(=O)CCC2CN(c3nccc(C)n3)CCC21. The number of fused-ring (bicyclic) bond motifs is 1. The van der Waals surface area contributed by atoms with Gasteiger partial charge in [0.2, 0.25) is 11.9 Å². The van der Waals surface area contributed by atoms with E-state index in [1.54, 1.807) is 0 Å². The Morgan fingerprint density at radius 2 is 2.26 bits per heavy atom. The highest BCUT2D eigenvalue weighted by Gasteiger charge is 2.39. The van der Waals surface area contributed by atoms with Crippen LogP contribution in [0, 0.1) is 12.8 Å². The van der Waals surface area contributed by atoms with E-state index in [0.717, 1.165) is 56.3 Å². The van der Waals surface area contributed by atoms with Crippen molar-refractivity contribution in [3.8, 4) is 0 Å². The molecule has 1 amide bonds. The van der Waals surface area contributed by atoms with Gasteiger partial charge in [0.25, 0.3) is 0 Å². The van der Waals surface area contributed by atoms with Gasteiger partial charge in [0.1, 0.15) is 0 Å². The molecule has 23 heavy (non-hydrogen) atoms. The summed E-state index contributed by atoms with van der Waals surface area (Å²) >= 11 is 1.86. The number of aryl methyl sites for hydroxylation is 1. The third-order valence-corrected chi connectivity index (χ3v) is 5.65. The van der Waals surface area contributed by atoms with E-state index in [2.05, 4.69) is 26.0 Å². The van der Waals surface area contributed by atoms with Crippen molar-refractivity contribution >= 4 is 23.6 Å². The molecule has 126 valence electrons. The van der Waals surface area contributed by atoms with Gasteiger partial charge in [0.05, 0.1) is 0 Å². The summed E-state index contributed by atoms with van der Waals surface area (Å²) in [6, 6.07) is 2.35. The van der Waals surface area contributed by atoms with Crippen molar-refractivity contribution in [3.63, 3.8) is 0 Å². The molecule has 2 saturated heterocycles. The molecule has 2 fully saturated rings. The highest BCUT2D eigenvalue weighted by atomic mass is 32.2. The molecule has 0 N–H and O–H groups in total. The average Bonchev–Trinajstić information content (AvgIpc) is 2.56. The van der Waals surface area contributed by atoms with Gasteiger partial charge in [-0.05, 0) is 50.2 Å². The molecule has 1 aromatic heterocycles. The predicted molar refractivity (Wildman–Crippen MR) is 94.8 cm³/mol. The number of nitrogens with zero attached hydrogens (tertiary/aromatic N) is 4. The van der Waals surface area contributed by atoms with Crippen molar-refractivity contribution in [2.45, 2.75) is 38.6 Å². The normalized spacial score (nSPS) is 24.7. The van der Waals surface area contributed by atoms with Gasteiger partial charge in [-0.25, -0.2) is 9.97 Å². The van der Waals surface area contributed by atoms with Crippen LogP contribution in [0.25, 0.3) is 0 Å². The quantitative estimate of drug-likeness (QED) is 0.774. The van der Waals surface area contributed by atoms with Gasteiger partial charge in [-0.3, -0.25) is 4.79 Å². The van der Waals surface area contributed by atoms with E-state index in [1.165, 1.54) is 0 Å². The molecule has 6 heteroatoms. The Hall–Kier alpha value is -1.30. The smallest absolute Gasteiger partial charge is 0.225 e. The molecule has 1 aromatic rings. The molecule has 0 bridgehead atoms. The van der Waals surface area contributed by atoms with Crippen molar-refractivity contribution in [2.75, 3.05) is 36.5 Å². The predicted octanol–water partition coefficient (Wildman–Crippen LogP) is 2.36. The van der Waals surface area contributed by atoms with Gasteiger partial charge >= 0.3 is 0 Å². The number of aromatic nitrogens is 2. The minimum absolute atomic E-state index is 0.354. The molecule has 2 aliphatic rings. The number of hydrogen-bond acceptors (Lipinski definition) is 5. The third-order valence-electron chi connectivity index (χ3n) is 4.96. The summed E-state index contributed by atoms with van der Waals surface area (Å²) in [5.41, 5.74) is 1.01. The number of rotatable bonds is 5. The van der Waals surface area contributed by atoms with E-state index in [0.29, 0.717) is 24.3 Å². The van der Waals surface area contributed by atoms with Crippen molar-refractivity contribution in [2.24, 2.45) is 5.92 Å². The van der Waals surface area contributed by atoms with E-state index in [-0.39, 0.29) is 0 Å². The lowest BCUT2D eigenvalue weighted by Crippen LogP contribution is -2.56. The molecule has 0 spiro atoms. The zero-order valence-corrected chi connectivity index (χ0v) is 14.9. The lowest BCUT2D eigenvalue weighted by atomic mass is 9.83.